The van der Waals surface area contributed by atoms with Gasteiger partial charge in [0.1, 0.15) is 6.04 Å². The van der Waals surface area contributed by atoms with Crippen LogP contribution >= 0.6 is 11.6 Å². The van der Waals surface area contributed by atoms with E-state index in [1.807, 2.05) is 12.1 Å². The summed E-state index contributed by atoms with van der Waals surface area (Å²) in [5.41, 5.74) is 1.59. The second-order valence-electron chi connectivity index (χ2n) is 7.57. The molecular weight excluding hydrogens is 442 g/mol. The summed E-state index contributed by atoms with van der Waals surface area (Å²) in [5.74, 6) is -0.479. The number of hydrogen-bond acceptors (Lipinski definition) is 6. The first-order valence-corrected chi connectivity index (χ1v) is 11.9. The topological polar surface area (TPSA) is 99.2 Å². The van der Waals surface area contributed by atoms with Gasteiger partial charge in [-0.25, -0.2) is 8.42 Å². The summed E-state index contributed by atoms with van der Waals surface area (Å²) in [6, 6.07) is 12.1. The van der Waals surface area contributed by atoms with Crippen molar-refractivity contribution in [3.8, 4) is 0 Å². The number of amides is 1. The molecule has 2 aliphatic rings. The Bertz CT molecular complexity index is 1020. The van der Waals surface area contributed by atoms with Gasteiger partial charge < -0.3 is 20.1 Å². The summed E-state index contributed by atoms with van der Waals surface area (Å²) in [7, 11) is -3.96. The highest BCUT2D eigenvalue weighted by Gasteiger charge is 2.43. The second-order valence-corrected chi connectivity index (χ2v) is 9.90. The fourth-order valence-corrected chi connectivity index (χ4v) is 5.59. The molecule has 2 atom stereocenters. The number of morpholine rings is 1. The van der Waals surface area contributed by atoms with Gasteiger partial charge in [-0.2, -0.15) is 4.31 Å². The number of aliphatic hydroxyl groups excluding tert-OH is 1. The van der Waals surface area contributed by atoms with Crippen LogP contribution in [0.3, 0.4) is 0 Å². The Balaban J connectivity index is 1.48. The van der Waals surface area contributed by atoms with Crippen molar-refractivity contribution in [2.24, 2.45) is 0 Å². The van der Waals surface area contributed by atoms with Crippen molar-refractivity contribution < 1.29 is 23.1 Å². The zero-order valence-corrected chi connectivity index (χ0v) is 18.3. The maximum Gasteiger partial charge on any atom is 0.243 e. The Labute approximate surface area is 186 Å². The predicted molar refractivity (Wildman–Crippen MR) is 118 cm³/mol. The third-order valence-corrected chi connectivity index (χ3v) is 7.61. The molecule has 10 heteroatoms. The molecule has 8 nitrogen and oxygen atoms in total. The SMILES string of the molecule is O=C(Nc1ccc(N2CCOCC2)cc1)[C@@H]1C[C@H](O)CN1S(=O)(=O)c1ccc(Cl)cc1. The average molecular weight is 466 g/mol. The van der Waals surface area contributed by atoms with Crippen LogP contribution in [-0.4, -0.2) is 68.7 Å². The van der Waals surface area contributed by atoms with Crippen molar-refractivity contribution in [1.82, 2.24) is 4.31 Å². The first kappa shape index (κ1) is 22.0. The van der Waals surface area contributed by atoms with Crippen molar-refractivity contribution in [2.45, 2.75) is 23.5 Å². The molecule has 0 spiro atoms. The Morgan fingerprint density at radius 2 is 1.71 bits per heavy atom. The van der Waals surface area contributed by atoms with E-state index in [1.54, 1.807) is 12.1 Å². The minimum Gasteiger partial charge on any atom is -0.392 e. The second kappa shape index (κ2) is 9.13. The zero-order valence-electron chi connectivity index (χ0n) is 16.8. The van der Waals surface area contributed by atoms with Gasteiger partial charge in [-0.1, -0.05) is 11.6 Å². The third kappa shape index (κ3) is 4.86. The van der Waals surface area contributed by atoms with Crippen LogP contribution in [0.1, 0.15) is 6.42 Å². The molecule has 0 bridgehead atoms. The summed E-state index contributed by atoms with van der Waals surface area (Å²) in [5, 5.41) is 13.3. The summed E-state index contributed by atoms with van der Waals surface area (Å²) < 4.78 is 32.5. The summed E-state index contributed by atoms with van der Waals surface area (Å²) in [4.78, 5) is 15.1. The molecular formula is C21H24ClN3O5S. The van der Waals surface area contributed by atoms with Gasteiger partial charge in [0.2, 0.25) is 15.9 Å². The lowest BCUT2D eigenvalue weighted by Gasteiger charge is -2.29. The van der Waals surface area contributed by atoms with Gasteiger partial charge in [0.05, 0.1) is 24.2 Å². The van der Waals surface area contributed by atoms with Gasteiger partial charge >= 0.3 is 0 Å². The molecule has 1 amide bonds. The van der Waals surface area contributed by atoms with Crippen LogP contribution in [0, 0.1) is 0 Å². The number of hydrogen-bond donors (Lipinski definition) is 2. The van der Waals surface area contributed by atoms with Crippen LogP contribution in [0.2, 0.25) is 5.02 Å². The number of nitrogens with one attached hydrogen (secondary N) is 1. The highest BCUT2D eigenvalue weighted by atomic mass is 35.5. The average Bonchev–Trinajstić information content (AvgIpc) is 3.18. The van der Waals surface area contributed by atoms with Gasteiger partial charge in [0.15, 0.2) is 0 Å². The van der Waals surface area contributed by atoms with E-state index in [1.165, 1.54) is 24.3 Å². The molecule has 4 rings (SSSR count). The van der Waals surface area contributed by atoms with Crippen LogP contribution in [0.25, 0.3) is 0 Å². The number of halogens is 1. The quantitative estimate of drug-likeness (QED) is 0.700. The smallest absolute Gasteiger partial charge is 0.243 e. The molecule has 2 N–H and O–H groups in total. The van der Waals surface area contributed by atoms with Crippen molar-refractivity contribution in [3.63, 3.8) is 0 Å². The van der Waals surface area contributed by atoms with Crippen molar-refractivity contribution in [1.29, 1.82) is 0 Å². The predicted octanol–water partition coefficient (Wildman–Crippen LogP) is 1.94. The van der Waals surface area contributed by atoms with Crippen LogP contribution in [-0.2, 0) is 19.6 Å². The number of sulfonamides is 1. The number of β-amino-alcohol motifs (C(OH)–C–C–N with tert-alkyl or cyclic N) is 1. The maximum atomic E-state index is 13.1. The molecule has 2 aromatic rings. The standard InChI is InChI=1S/C21H24ClN3O5S/c22-15-1-7-19(8-2-15)31(28,29)25-14-18(26)13-20(25)21(27)23-16-3-5-17(6-4-16)24-9-11-30-12-10-24/h1-8,18,20,26H,9-14H2,(H,23,27)/t18-,20-/m0/s1. The van der Waals surface area contributed by atoms with E-state index >= 15 is 0 Å². The van der Waals surface area contributed by atoms with Crippen molar-refractivity contribution in [3.05, 3.63) is 53.6 Å². The largest absolute Gasteiger partial charge is 0.392 e. The molecule has 2 saturated heterocycles. The number of anilines is 2. The molecule has 2 aliphatic heterocycles. The molecule has 166 valence electrons. The van der Waals surface area contributed by atoms with E-state index in [2.05, 4.69) is 10.2 Å². The van der Waals surface area contributed by atoms with Gasteiger partial charge in [0, 0.05) is 42.5 Å². The summed E-state index contributed by atoms with van der Waals surface area (Å²) in [6.45, 7) is 2.84. The van der Waals surface area contributed by atoms with Gasteiger partial charge in [-0.3, -0.25) is 4.79 Å². The number of ether oxygens (including phenoxy) is 1. The molecule has 0 saturated carbocycles. The summed E-state index contributed by atoms with van der Waals surface area (Å²) >= 11 is 5.85. The zero-order chi connectivity index (χ0) is 22.0. The van der Waals surface area contributed by atoms with E-state index in [0.29, 0.717) is 23.9 Å². The Hall–Kier alpha value is -2.17. The van der Waals surface area contributed by atoms with Crippen LogP contribution < -0.4 is 10.2 Å². The number of carbonyl (C=O) groups is 1. The molecule has 0 aliphatic carbocycles. The Morgan fingerprint density at radius 3 is 2.35 bits per heavy atom. The van der Waals surface area contributed by atoms with Crippen LogP contribution in [0.4, 0.5) is 11.4 Å². The minimum absolute atomic E-state index is 0.0265. The lowest BCUT2D eigenvalue weighted by atomic mass is 10.2. The van der Waals surface area contributed by atoms with Crippen molar-refractivity contribution in [2.75, 3.05) is 43.1 Å². The number of rotatable bonds is 5. The van der Waals surface area contributed by atoms with Gasteiger partial charge in [-0.05, 0) is 48.5 Å². The van der Waals surface area contributed by atoms with E-state index in [9.17, 15) is 18.3 Å². The number of carbonyl (C=O) groups excluding carboxylic acids is 1. The molecule has 2 heterocycles. The molecule has 0 radical (unpaired) electrons. The fourth-order valence-electron chi connectivity index (χ4n) is 3.83. The van der Waals surface area contributed by atoms with E-state index in [0.717, 1.165) is 23.1 Å². The first-order chi connectivity index (χ1) is 14.8. The molecule has 31 heavy (non-hydrogen) atoms. The Kier molecular flexibility index (Phi) is 6.49. The van der Waals surface area contributed by atoms with Gasteiger partial charge in [-0.15, -0.1) is 0 Å². The van der Waals surface area contributed by atoms with Crippen molar-refractivity contribution >= 4 is 38.9 Å². The van der Waals surface area contributed by atoms with Crippen LogP contribution in [0.15, 0.2) is 53.4 Å². The molecule has 0 aromatic heterocycles. The molecule has 0 unspecified atom stereocenters. The number of aliphatic hydroxyl groups is 1. The maximum absolute atomic E-state index is 13.1. The number of nitrogens with zero attached hydrogens (tertiary/aromatic N) is 2. The summed E-state index contributed by atoms with van der Waals surface area (Å²) in [6.07, 6.45) is -0.883. The Morgan fingerprint density at radius 1 is 1.06 bits per heavy atom. The lowest BCUT2D eigenvalue weighted by Crippen LogP contribution is -2.43. The van der Waals surface area contributed by atoms with E-state index < -0.39 is 28.1 Å². The van der Waals surface area contributed by atoms with E-state index in [4.69, 9.17) is 16.3 Å². The fraction of sp³-hybridized carbons (Fsp3) is 0.381. The monoisotopic (exact) mass is 465 g/mol. The molecule has 2 fully saturated rings. The highest BCUT2D eigenvalue weighted by molar-refractivity contribution is 7.89. The molecule has 2 aromatic carbocycles. The first-order valence-electron chi connectivity index (χ1n) is 10.0. The van der Waals surface area contributed by atoms with E-state index in [-0.39, 0.29) is 17.9 Å². The lowest BCUT2D eigenvalue weighted by molar-refractivity contribution is -0.119. The van der Waals surface area contributed by atoms with Gasteiger partial charge in [0.25, 0.3) is 0 Å². The minimum atomic E-state index is -3.96. The normalized spacial score (nSPS) is 22.5. The highest BCUT2D eigenvalue weighted by Crippen LogP contribution is 2.28. The van der Waals surface area contributed by atoms with Crippen LogP contribution in [0.5, 0.6) is 0 Å². The third-order valence-electron chi connectivity index (χ3n) is 5.47. The number of benzene rings is 2.